The predicted molar refractivity (Wildman–Crippen MR) is 124 cm³/mol. The van der Waals surface area contributed by atoms with Gasteiger partial charge in [0.05, 0.1) is 0 Å². The van der Waals surface area contributed by atoms with Crippen LogP contribution >= 0.6 is 24.0 Å². The van der Waals surface area contributed by atoms with Gasteiger partial charge in [-0.2, -0.15) is 17.5 Å². The van der Waals surface area contributed by atoms with Gasteiger partial charge in [0.1, 0.15) is 0 Å². The fourth-order valence-corrected chi connectivity index (χ4v) is 4.21. The number of nitrogens with zero attached hydrogens (tertiary/aromatic N) is 2. The number of rotatable bonds is 7. The predicted octanol–water partition coefficient (Wildman–Crippen LogP) is 3.14. The van der Waals surface area contributed by atoms with E-state index in [1.54, 1.807) is 7.05 Å². The molecule has 1 aliphatic rings. The molecule has 1 fully saturated rings. The third-order valence-electron chi connectivity index (χ3n) is 5.13. The quantitative estimate of drug-likeness (QED) is 0.305. The van der Waals surface area contributed by atoms with Gasteiger partial charge in [0.15, 0.2) is 5.96 Å². The Kier molecular flexibility index (Phi) is 10.9. The summed E-state index contributed by atoms with van der Waals surface area (Å²) in [5.74, 6) is 0.718. The van der Waals surface area contributed by atoms with Crippen LogP contribution in [0, 0.1) is 5.92 Å². The molecule has 2 rings (SSSR count). The number of hydrogen-bond acceptors (Lipinski definition) is 3. The summed E-state index contributed by atoms with van der Waals surface area (Å²) in [7, 11) is -3.57. The van der Waals surface area contributed by atoms with Gasteiger partial charge in [-0.3, -0.25) is 4.99 Å². The molecule has 1 aromatic rings. The van der Waals surface area contributed by atoms with Gasteiger partial charge in [0.25, 0.3) is 0 Å². The molecular formula is C19H30F3IN4O2S. The monoisotopic (exact) mass is 562 g/mol. The summed E-state index contributed by atoms with van der Waals surface area (Å²) in [6, 6.07) is 8.46. The average Bonchev–Trinajstić information content (AvgIpc) is 2.70. The molecular weight excluding hydrogens is 532 g/mol. The average molecular weight is 562 g/mol. The van der Waals surface area contributed by atoms with Crippen LogP contribution in [0.2, 0.25) is 0 Å². The minimum atomic E-state index is -5.24. The molecule has 0 saturated carbocycles. The molecule has 0 amide bonds. The molecule has 0 aromatic heterocycles. The fourth-order valence-electron chi connectivity index (χ4n) is 3.23. The number of halogens is 4. The van der Waals surface area contributed by atoms with E-state index in [1.807, 2.05) is 0 Å². The number of alkyl halides is 3. The van der Waals surface area contributed by atoms with Gasteiger partial charge in [-0.05, 0) is 42.7 Å². The van der Waals surface area contributed by atoms with Crippen molar-refractivity contribution in [1.82, 2.24) is 14.9 Å². The topological polar surface area (TPSA) is 73.8 Å². The Bertz CT molecular complexity index is 778. The first-order valence-electron chi connectivity index (χ1n) is 9.76. The Morgan fingerprint density at radius 1 is 1.13 bits per heavy atom. The normalized spacial score (nSPS) is 16.8. The van der Waals surface area contributed by atoms with Gasteiger partial charge in [-0.25, -0.2) is 8.42 Å². The summed E-state index contributed by atoms with van der Waals surface area (Å²) in [6.07, 6.45) is 2.61. The van der Waals surface area contributed by atoms with E-state index in [2.05, 4.69) is 46.8 Å². The van der Waals surface area contributed by atoms with Gasteiger partial charge in [0, 0.05) is 33.2 Å². The maximum absolute atomic E-state index is 12.6. The number of nitrogens with one attached hydrogen (secondary N) is 2. The van der Waals surface area contributed by atoms with Gasteiger partial charge in [-0.15, -0.1) is 24.0 Å². The zero-order valence-corrected chi connectivity index (χ0v) is 20.4. The zero-order valence-electron chi connectivity index (χ0n) is 17.2. The van der Waals surface area contributed by atoms with Crippen molar-refractivity contribution in [3.63, 3.8) is 0 Å². The summed E-state index contributed by atoms with van der Waals surface area (Å²) < 4.78 is 61.3. The number of sulfonamides is 1. The minimum absolute atomic E-state index is 0. The van der Waals surface area contributed by atoms with Crippen LogP contribution in [-0.4, -0.2) is 57.4 Å². The number of aryl methyl sites for hydroxylation is 1. The van der Waals surface area contributed by atoms with Crippen LogP contribution in [0.5, 0.6) is 0 Å². The lowest BCUT2D eigenvalue weighted by atomic mass is 9.98. The molecule has 1 heterocycles. The summed E-state index contributed by atoms with van der Waals surface area (Å²) in [5.41, 5.74) is -2.71. The number of benzene rings is 1. The van der Waals surface area contributed by atoms with E-state index < -0.39 is 15.5 Å². The molecule has 1 saturated heterocycles. The van der Waals surface area contributed by atoms with E-state index in [9.17, 15) is 21.6 Å². The Hall–Kier alpha value is -1.08. The molecule has 0 spiro atoms. The SMILES string of the molecule is CCc1ccc(CCNC(=NC)NCC2CCN(S(=O)(=O)C(F)(F)F)CC2)cc1.I. The summed E-state index contributed by atoms with van der Waals surface area (Å²) in [5, 5.41) is 6.40. The van der Waals surface area contributed by atoms with Crippen molar-refractivity contribution in [1.29, 1.82) is 0 Å². The first-order chi connectivity index (χ1) is 13.7. The van der Waals surface area contributed by atoms with Gasteiger partial charge in [0.2, 0.25) is 0 Å². The van der Waals surface area contributed by atoms with E-state index in [1.165, 1.54) is 11.1 Å². The summed E-state index contributed by atoms with van der Waals surface area (Å²) in [6.45, 7) is 3.12. The lowest BCUT2D eigenvalue weighted by Gasteiger charge is -2.31. The van der Waals surface area contributed by atoms with Crippen LogP contribution in [0.4, 0.5) is 13.2 Å². The van der Waals surface area contributed by atoms with Crippen molar-refractivity contribution >= 4 is 40.0 Å². The maximum atomic E-state index is 12.6. The molecule has 0 aliphatic carbocycles. The van der Waals surface area contributed by atoms with Crippen molar-refractivity contribution in [2.45, 2.75) is 38.1 Å². The third-order valence-corrected chi connectivity index (χ3v) is 6.76. The van der Waals surface area contributed by atoms with Crippen LogP contribution in [0.15, 0.2) is 29.3 Å². The molecule has 0 radical (unpaired) electrons. The van der Waals surface area contributed by atoms with Crippen LogP contribution in [-0.2, 0) is 22.9 Å². The number of guanidine groups is 1. The van der Waals surface area contributed by atoms with Gasteiger partial charge in [-0.1, -0.05) is 31.2 Å². The zero-order chi connectivity index (χ0) is 21.5. The lowest BCUT2D eigenvalue weighted by molar-refractivity contribution is -0.0496. The highest BCUT2D eigenvalue weighted by molar-refractivity contribution is 14.0. The van der Waals surface area contributed by atoms with E-state index >= 15 is 0 Å². The first-order valence-corrected chi connectivity index (χ1v) is 11.2. The highest BCUT2D eigenvalue weighted by atomic mass is 127. The first kappa shape index (κ1) is 27.0. The van der Waals surface area contributed by atoms with E-state index in [0.29, 0.717) is 36.2 Å². The molecule has 2 N–H and O–H groups in total. The molecule has 0 bridgehead atoms. The van der Waals surface area contributed by atoms with Crippen LogP contribution in [0.25, 0.3) is 0 Å². The second-order valence-electron chi connectivity index (χ2n) is 7.09. The molecule has 11 heteroatoms. The van der Waals surface area contributed by atoms with E-state index in [0.717, 1.165) is 12.8 Å². The van der Waals surface area contributed by atoms with Crippen LogP contribution in [0.3, 0.4) is 0 Å². The molecule has 6 nitrogen and oxygen atoms in total. The largest absolute Gasteiger partial charge is 0.511 e. The second-order valence-corrected chi connectivity index (χ2v) is 9.02. The lowest BCUT2D eigenvalue weighted by Crippen LogP contribution is -2.47. The summed E-state index contributed by atoms with van der Waals surface area (Å²) in [4.78, 5) is 4.16. The molecule has 1 aliphatic heterocycles. The Morgan fingerprint density at radius 2 is 1.70 bits per heavy atom. The highest BCUT2D eigenvalue weighted by Crippen LogP contribution is 2.30. The van der Waals surface area contributed by atoms with Crippen molar-refractivity contribution in [3.05, 3.63) is 35.4 Å². The Morgan fingerprint density at radius 3 is 2.20 bits per heavy atom. The standard InChI is InChI=1S/C19H29F3N4O2S.HI/c1-3-15-4-6-16(7-5-15)8-11-24-18(23-2)25-14-17-9-12-26(13-10-17)29(27,28)19(20,21)22;/h4-7,17H,3,8-14H2,1-2H3,(H2,23,24,25);1H. The Labute approximate surface area is 193 Å². The molecule has 30 heavy (non-hydrogen) atoms. The van der Waals surface area contributed by atoms with Gasteiger partial charge < -0.3 is 10.6 Å². The van der Waals surface area contributed by atoms with Crippen molar-refractivity contribution in [2.24, 2.45) is 10.9 Å². The highest BCUT2D eigenvalue weighted by Gasteiger charge is 2.50. The summed E-state index contributed by atoms with van der Waals surface area (Å²) >= 11 is 0. The fraction of sp³-hybridized carbons (Fsp3) is 0.632. The molecule has 0 unspecified atom stereocenters. The van der Waals surface area contributed by atoms with E-state index in [-0.39, 0.29) is 43.0 Å². The second kappa shape index (κ2) is 12.1. The molecule has 0 atom stereocenters. The van der Waals surface area contributed by atoms with Crippen molar-refractivity contribution < 1.29 is 21.6 Å². The van der Waals surface area contributed by atoms with Crippen LogP contribution < -0.4 is 10.6 Å². The number of piperidine rings is 1. The van der Waals surface area contributed by atoms with Crippen molar-refractivity contribution in [3.8, 4) is 0 Å². The number of aliphatic imine (C=N–C) groups is 1. The number of hydrogen-bond donors (Lipinski definition) is 2. The molecule has 1 aromatic carbocycles. The Balaban J connectivity index is 0.00000450. The molecule has 172 valence electrons. The maximum Gasteiger partial charge on any atom is 0.511 e. The van der Waals surface area contributed by atoms with E-state index in [4.69, 9.17) is 0 Å². The third kappa shape index (κ3) is 7.56. The van der Waals surface area contributed by atoms with Crippen LogP contribution in [0.1, 0.15) is 30.9 Å². The smallest absolute Gasteiger partial charge is 0.356 e. The van der Waals surface area contributed by atoms with Gasteiger partial charge >= 0.3 is 15.5 Å². The van der Waals surface area contributed by atoms with Crippen molar-refractivity contribution in [2.75, 3.05) is 33.2 Å². The minimum Gasteiger partial charge on any atom is -0.356 e.